The Balaban J connectivity index is 2.02. The van der Waals surface area contributed by atoms with Crippen molar-refractivity contribution in [1.29, 1.82) is 0 Å². The molecule has 0 aliphatic carbocycles. The molecule has 0 radical (unpaired) electrons. The van der Waals surface area contributed by atoms with Gasteiger partial charge in [0.15, 0.2) is 0 Å². The molecule has 0 saturated carbocycles. The molecule has 0 spiro atoms. The molecule has 3 rings (SSSR count). The van der Waals surface area contributed by atoms with Crippen molar-refractivity contribution < 1.29 is 4.74 Å². The van der Waals surface area contributed by atoms with Gasteiger partial charge in [-0.05, 0) is 12.1 Å². The number of morpholine rings is 1. The van der Waals surface area contributed by atoms with Gasteiger partial charge < -0.3 is 9.64 Å². The summed E-state index contributed by atoms with van der Waals surface area (Å²) in [6, 6.07) is 3.48. The van der Waals surface area contributed by atoms with E-state index in [9.17, 15) is 0 Å². The van der Waals surface area contributed by atoms with E-state index in [1.54, 1.807) is 18.3 Å². The second kappa shape index (κ2) is 4.88. The topological polar surface area (TPSA) is 38.2 Å². The van der Waals surface area contributed by atoms with Crippen LogP contribution in [0.25, 0.3) is 11.0 Å². The molecule has 0 amide bonds. The fourth-order valence-corrected chi connectivity index (χ4v) is 2.26. The summed E-state index contributed by atoms with van der Waals surface area (Å²) in [6.45, 7) is 3.12. The maximum Gasteiger partial charge on any atom is 0.148 e. The number of benzene rings is 1. The molecular formula is C12H11Cl2N3O. The summed E-state index contributed by atoms with van der Waals surface area (Å²) in [7, 11) is 0. The first-order chi connectivity index (χ1) is 8.74. The molecule has 4 nitrogen and oxygen atoms in total. The van der Waals surface area contributed by atoms with Crippen LogP contribution in [0.15, 0.2) is 18.3 Å². The van der Waals surface area contributed by atoms with E-state index in [-0.39, 0.29) is 0 Å². The number of nitrogens with zero attached hydrogens (tertiary/aromatic N) is 3. The van der Waals surface area contributed by atoms with Gasteiger partial charge in [0.1, 0.15) is 5.82 Å². The van der Waals surface area contributed by atoms with Gasteiger partial charge in [0, 0.05) is 13.1 Å². The lowest BCUT2D eigenvalue weighted by atomic mass is 10.3. The van der Waals surface area contributed by atoms with Gasteiger partial charge >= 0.3 is 0 Å². The van der Waals surface area contributed by atoms with Crippen molar-refractivity contribution in [1.82, 2.24) is 9.97 Å². The van der Waals surface area contributed by atoms with Gasteiger partial charge in [-0.2, -0.15) is 0 Å². The van der Waals surface area contributed by atoms with E-state index < -0.39 is 0 Å². The predicted octanol–water partition coefficient (Wildman–Crippen LogP) is 2.77. The number of ether oxygens (including phenoxy) is 1. The lowest BCUT2D eigenvalue weighted by molar-refractivity contribution is 0.122. The fourth-order valence-electron chi connectivity index (χ4n) is 1.94. The number of fused-ring (bicyclic) bond motifs is 1. The normalized spacial score (nSPS) is 16.2. The zero-order valence-corrected chi connectivity index (χ0v) is 11.1. The number of rotatable bonds is 1. The van der Waals surface area contributed by atoms with E-state index >= 15 is 0 Å². The molecule has 1 fully saturated rings. The minimum atomic E-state index is 0.498. The average Bonchev–Trinajstić information content (AvgIpc) is 2.41. The Hall–Kier alpha value is -1.10. The van der Waals surface area contributed by atoms with Crippen molar-refractivity contribution in [3.8, 4) is 0 Å². The smallest absolute Gasteiger partial charge is 0.148 e. The van der Waals surface area contributed by atoms with Gasteiger partial charge in [0.05, 0.1) is 40.5 Å². The second-order valence-corrected chi connectivity index (χ2v) is 4.90. The lowest BCUT2D eigenvalue weighted by Crippen LogP contribution is -2.36. The predicted molar refractivity (Wildman–Crippen MR) is 72.6 cm³/mol. The Morgan fingerprint density at radius 3 is 2.44 bits per heavy atom. The first kappa shape index (κ1) is 12.0. The molecule has 1 aliphatic heterocycles. The number of hydrogen-bond donors (Lipinski definition) is 0. The fraction of sp³-hybridized carbons (Fsp3) is 0.333. The molecule has 0 bridgehead atoms. The van der Waals surface area contributed by atoms with Crippen molar-refractivity contribution in [2.24, 2.45) is 0 Å². The van der Waals surface area contributed by atoms with Gasteiger partial charge in [0.25, 0.3) is 0 Å². The van der Waals surface area contributed by atoms with Crippen LogP contribution in [-0.4, -0.2) is 36.3 Å². The monoisotopic (exact) mass is 283 g/mol. The standard InChI is InChI=1S/C12H11Cl2N3O/c13-8-5-10-11(6-9(8)14)16-12(7-15-10)17-1-3-18-4-2-17/h5-7H,1-4H2. The molecule has 1 aliphatic rings. The first-order valence-electron chi connectivity index (χ1n) is 5.68. The summed E-state index contributed by atoms with van der Waals surface area (Å²) < 4.78 is 5.32. The third-order valence-corrected chi connectivity index (χ3v) is 3.63. The summed E-state index contributed by atoms with van der Waals surface area (Å²) in [5, 5.41) is 0.996. The molecule has 0 N–H and O–H groups in total. The van der Waals surface area contributed by atoms with Crippen LogP contribution in [0, 0.1) is 0 Å². The highest BCUT2D eigenvalue weighted by molar-refractivity contribution is 6.42. The third-order valence-electron chi connectivity index (χ3n) is 2.91. The van der Waals surface area contributed by atoms with Crippen molar-refractivity contribution in [3.63, 3.8) is 0 Å². The quantitative estimate of drug-likeness (QED) is 0.807. The molecule has 6 heteroatoms. The Morgan fingerprint density at radius 1 is 1.06 bits per heavy atom. The summed E-state index contributed by atoms with van der Waals surface area (Å²) in [4.78, 5) is 11.1. The zero-order valence-electron chi connectivity index (χ0n) is 9.57. The minimum absolute atomic E-state index is 0.498. The number of halogens is 2. The van der Waals surface area contributed by atoms with Crippen LogP contribution in [0.2, 0.25) is 10.0 Å². The van der Waals surface area contributed by atoms with Crippen LogP contribution in [0.3, 0.4) is 0 Å². The Kier molecular flexibility index (Phi) is 3.24. The van der Waals surface area contributed by atoms with Gasteiger partial charge in [-0.25, -0.2) is 4.98 Å². The van der Waals surface area contributed by atoms with Gasteiger partial charge in [-0.15, -0.1) is 0 Å². The van der Waals surface area contributed by atoms with Gasteiger partial charge in [-0.3, -0.25) is 4.98 Å². The van der Waals surface area contributed by atoms with E-state index in [0.29, 0.717) is 10.0 Å². The van der Waals surface area contributed by atoms with E-state index in [0.717, 1.165) is 43.2 Å². The SMILES string of the molecule is Clc1cc2ncc(N3CCOCC3)nc2cc1Cl. The number of hydrogen-bond acceptors (Lipinski definition) is 4. The highest BCUT2D eigenvalue weighted by atomic mass is 35.5. The Bertz CT molecular complexity index is 585. The Morgan fingerprint density at radius 2 is 1.72 bits per heavy atom. The average molecular weight is 284 g/mol. The van der Waals surface area contributed by atoms with Crippen molar-refractivity contribution in [2.45, 2.75) is 0 Å². The van der Waals surface area contributed by atoms with Crippen LogP contribution >= 0.6 is 23.2 Å². The number of anilines is 1. The molecule has 0 unspecified atom stereocenters. The van der Waals surface area contributed by atoms with Crippen LogP contribution in [0.1, 0.15) is 0 Å². The maximum atomic E-state index is 5.99. The van der Waals surface area contributed by atoms with E-state index in [2.05, 4.69) is 14.9 Å². The molecule has 18 heavy (non-hydrogen) atoms. The third kappa shape index (κ3) is 2.23. The summed E-state index contributed by atoms with van der Waals surface area (Å²) in [5.41, 5.74) is 1.51. The van der Waals surface area contributed by atoms with E-state index in [1.807, 2.05) is 0 Å². The molecule has 1 saturated heterocycles. The van der Waals surface area contributed by atoms with Crippen molar-refractivity contribution in [2.75, 3.05) is 31.2 Å². The van der Waals surface area contributed by atoms with Crippen LogP contribution in [-0.2, 0) is 4.74 Å². The molecule has 2 heterocycles. The maximum absolute atomic E-state index is 5.99. The van der Waals surface area contributed by atoms with Crippen LogP contribution in [0.5, 0.6) is 0 Å². The van der Waals surface area contributed by atoms with E-state index in [1.165, 1.54) is 0 Å². The van der Waals surface area contributed by atoms with Crippen molar-refractivity contribution >= 4 is 40.1 Å². The molecular weight excluding hydrogens is 273 g/mol. The molecule has 1 aromatic heterocycles. The lowest BCUT2D eigenvalue weighted by Gasteiger charge is -2.27. The van der Waals surface area contributed by atoms with Gasteiger partial charge in [0.2, 0.25) is 0 Å². The molecule has 0 atom stereocenters. The van der Waals surface area contributed by atoms with Crippen molar-refractivity contribution in [3.05, 3.63) is 28.4 Å². The van der Waals surface area contributed by atoms with Crippen LogP contribution in [0.4, 0.5) is 5.82 Å². The van der Waals surface area contributed by atoms with E-state index in [4.69, 9.17) is 27.9 Å². The largest absolute Gasteiger partial charge is 0.378 e. The Labute approximate surface area is 114 Å². The minimum Gasteiger partial charge on any atom is -0.378 e. The summed E-state index contributed by atoms with van der Waals surface area (Å²) in [5.74, 6) is 0.851. The zero-order chi connectivity index (χ0) is 12.5. The molecule has 1 aromatic carbocycles. The molecule has 2 aromatic rings. The number of aromatic nitrogens is 2. The first-order valence-corrected chi connectivity index (χ1v) is 6.44. The van der Waals surface area contributed by atoms with Gasteiger partial charge in [-0.1, -0.05) is 23.2 Å². The highest BCUT2D eigenvalue weighted by Gasteiger charge is 2.13. The summed E-state index contributed by atoms with van der Waals surface area (Å²) >= 11 is 11.9. The molecule has 94 valence electrons. The van der Waals surface area contributed by atoms with Crippen LogP contribution < -0.4 is 4.90 Å². The highest BCUT2D eigenvalue weighted by Crippen LogP contribution is 2.27. The summed E-state index contributed by atoms with van der Waals surface area (Å²) in [6.07, 6.45) is 1.76. The second-order valence-electron chi connectivity index (χ2n) is 4.08.